The number of hydrogen-bond donors (Lipinski definition) is 4. The Bertz CT molecular complexity index is 850. The lowest BCUT2D eigenvalue weighted by Crippen LogP contribution is -2.49. The zero-order valence-electron chi connectivity index (χ0n) is 15.4. The number of aryl methyl sites for hydroxylation is 2. The molecule has 146 valence electrons. The molecule has 1 aliphatic rings. The van der Waals surface area contributed by atoms with E-state index in [1.165, 1.54) is 0 Å². The van der Waals surface area contributed by atoms with Crippen LogP contribution in [0.5, 0.6) is 0 Å². The molecule has 1 aliphatic carbocycles. The number of aliphatic hydroxyl groups excluding tert-OH is 2. The highest BCUT2D eigenvalue weighted by atomic mass is 16.5. The number of amides is 2. The van der Waals surface area contributed by atoms with Gasteiger partial charge in [-0.1, -0.05) is 5.16 Å². The SMILES string of the molecule is Cc1cc(C(=O)N[C@@H]2C[C@@H](C(=O)NCCO)CC[C@H]2O)c2c(C)noc2n1. The molecule has 0 bridgehead atoms. The lowest BCUT2D eigenvalue weighted by atomic mass is 9.83. The third kappa shape index (κ3) is 4.09. The molecular weight excluding hydrogens is 352 g/mol. The lowest BCUT2D eigenvalue weighted by molar-refractivity contribution is -0.127. The number of aliphatic hydroxyl groups is 2. The number of carbonyl (C=O) groups is 2. The van der Waals surface area contributed by atoms with Gasteiger partial charge in [0.15, 0.2) is 0 Å². The van der Waals surface area contributed by atoms with E-state index in [0.29, 0.717) is 47.3 Å². The molecule has 27 heavy (non-hydrogen) atoms. The Labute approximate surface area is 156 Å². The average Bonchev–Trinajstić information content (AvgIpc) is 3.01. The normalized spacial score (nSPS) is 22.6. The summed E-state index contributed by atoms with van der Waals surface area (Å²) in [4.78, 5) is 29.3. The van der Waals surface area contributed by atoms with E-state index in [-0.39, 0.29) is 30.9 Å². The van der Waals surface area contributed by atoms with Crippen LogP contribution in [-0.4, -0.2) is 57.5 Å². The van der Waals surface area contributed by atoms with Crippen molar-refractivity contribution in [3.63, 3.8) is 0 Å². The molecule has 0 aromatic carbocycles. The van der Waals surface area contributed by atoms with Gasteiger partial charge in [0.25, 0.3) is 11.6 Å². The molecule has 0 aliphatic heterocycles. The molecule has 9 nitrogen and oxygen atoms in total. The van der Waals surface area contributed by atoms with Crippen molar-refractivity contribution < 1.29 is 24.3 Å². The highest BCUT2D eigenvalue weighted by molar-refractivity contribution is 6.06. The van der Waals surface area contributed by atoms with E-state index < -0.39 is 12.1 Å². The molecule has 3 rings (SSSR count). The topological polar surface area (TPSA) is 138 Å². The maximum atomic E-state index is 12.9. The van der Waals surface area contributed by atoms with Crippen molar-refractivity contribution >= 4 is 22.9 Å². The summed E-state index contributed by atoms with van der Waals surface area (Å²) in [5.41, 5.74) is 1.86. The van der Waals surface area contributed by atoms with E-state index in [1.54, 1.807) is 19.9 Å². The Hall–Kier alpha value is -2.52. The van der Waals surface area contributed by atoms with Gasteiger partial charge in [0.2, 0.25) is 5.91 Å². The van der Waals surface area contributed by atoms with Gasteiger partial charge in [-0.25, -0.2) is 4.98 Å². The standard InChI is InChI=1S/C18H24N4O5/c1-9-7-12(15-10(2)22-27-18(15)20-9)17(26)21-13-8-11(3-4-14(13)24)16(25)19-5-6-23/h7,11,13-14,23-24H,3-6,8H2,1-2H3,(H,19,25)(H,21,26)/t11-,13+,14+/m0/s1. The minimum atomic E-state index is -0.724. The van der Waals surface area contributed by atoms with E-state index in [2.05, 4.69) is 20.8 Å². The number of carbonyl (C=O) groups excluding carboxylic acids is 2. The van der Waals surface area contributed by atoms with Gasteiger partial charge >= 0.3 is 0 Å². The molecule has 9 heteroatoms. The van der Waals surface area contributed by atoms with Crippen LogP contribution in [0.3, 0.4) is 0 Å². The Kier molecular flexibility index (Phi) is 5.71. The molecule has 4 N–H and O–H groups in total. The quantitative estimate of drug-likeness (QED) is 0.585. The summed E-state index contributed by atoms with van der Waals surface area (Å²) in [6, 6.07) is 1.11. The van der Waals surface area contributed by atoms with Gasteiger partial charge in [-0.3, -0.25) is 9.59 Å². The van der Waals surface area contributed by atoms with Crippen molar-refractivity contribution in [1.29, 1.82) is 0 Å². The van der Waals surface area contributed by atoms with Crippen LogP contribution < -0.4 is 10.6 Å². The maximum absolute atomic E-state index is 12.9. The molecule has 0 unspecified atom stereocenters. The molecule has 1 fully saturated rings. The van der Waals surface area contributed by atoms with Crippen LogP contribution in [-0.2, 0) is 4.79 Å². The number of rotatable bonds is 5. The van der Waals surface area contributed by atoms with E-state index in [9.17, 15) is 14.7 Å². The number of aromatic nitrogens is 2. The number of hydrogen-bond acceptors (Lipinski definition) is 7. The molecule has 2 aromatic rings. The zero-order valence-corrected chi connectivity index (χ0v) is 15.4. The third-order valence-corrected chi connectivity index (χ3v) is 4.90. The molecule has 0 saturated heterocycles. The van der Waals surface area contributed by atoms with Crippen LogP contribution in [0.4, 0.5) is 0 Å². The van der Waals surface area contributed by atoms with Crippen LogP contribution in [0.1, 0.15) is 41.0 Å². The minimum absolute atomic E-state index is 0.128. The lowest BCUT2D eigenvalue weighted by Gasteiger charge is -2.33. The molecule has 2 heterocycles. The van der Waals surface area contributed by atoms with Crippen molar-refractivity contribution in [1.82, 2.24) is 20.8 Å². The molecule has 2 amide bonds. The Morgan fingerprint density at radius 1 is 1.33 bits per heavy atom. The van der Waals surface area contributed by atoms with Gasteiger partial charge in [-0.2, -0.15) is 0 Å². The van der Waals surface area contributed by atoms with Gasteiger partial charge < -0.3 is 25.4 Å². The summed E-state index contributed by atoms with van der Waals surface area (Å²) in [7, 11) is 0. The molecule has 3 atom stereocenters. The van der Waals surface area contributed by atoms with Crippen molar-refractivity contribution in [2.75, 3.05) is 13.2 Å². The predicted octanol–water partition coefficient (Wildman–Crippen LogP) is 0.208. The van der Waals surface area contributed by atoms with Gasteiger partial charge in [-0.05, 0) is 39.2 Å². The summed E-state index contributed by atoms with van der Waals surface area (Å²) < 4.78 is 5.15. The number of pyridine rings is 1. The highest BCUT2D eigenvalue weighted by Gasteiger charge is 2.34. The second-order valence-electron chi connectivity index (χ2n) is 6.93. The average molecular weight is 376 g/mol. The first-order valence-corrected chi connectivity index (χ1v) is 9.01. The van der Waals surface area contributed by atoms with Gasteiger partial charge in [-0.15, -0.1) is 0 Å². The van der Waals surface area contributed by atoms with Gasteiger partial charge in [0, 0.05) is 18.2 Å². The first kappa shape index (κ1) is 19.2. The first-order valence-electron chi connectivity index (χ1n) is 9.01. The van der Waals surface area contributed by atoms with Crippen LogP contribution in [0.2, 0.25) is 0 Å². The van der Waals surface area contributed by atoms with Crippen LogP contribution in [0, 0.1) is 19.8 Å². The Morgan fingerprint density at radius 3 is 2.85 bits per heavy atom. The van der Waals surface area contributed by atoms with E-state index in [0.717, 1.165) is 0 Å². The van der Waals surface area contributed by atoms with Crippen molar-refractivity contribution in [3.05, 3.63) is 23.0 Å². The zero-order chi connectivity index (χ0) is 19.6. The monoisotopic (exact) mass is 376 g/mol. The molecule has 0 radical (unpaired) electrons. The second kappa shape index (κ2) is 8.01. The fourth-order valence-electron chi connectivity index (χ4n) is 3.51. The number of nitrogens with one attached hydrogen (secondary N) is 2. The van der Waals surface area contributed by atoms with Crippen molar-refractivity contribution in [2.24, 2.45) is 5.92 Å². The Balaban J connectivity index is 1.77. The smallest absolute Gasteiger partial charge is 0.258 e. The maximum Gasteiger partial charge on any atom is 0.258 e. The van der Waals surface area contributed by atoms with Crippen molar-refractivity contribution in [2.45, 2.75) is 45.3 Å². The van der Waals surface area contributed by atoms with Crippen molar-refractivity contribution in [3.8, 4) is 0 Å². The van der Waals surface area contributed by atoms with E-state index in [1.807, 2.05) is 0 Å². The fourth-order valence-corrected chi connectivity index (χ4v) is 3.51. The third-order valence-electron chi connectivity index (χ3n) is 4.90. The molecular formula is C18H24N4O5. The summed E-state index contributed by atoms with van der Waals surface area (Å²) in [6.45, 7) is 3.55. The summed E-state index contributed by atoms with van der Waals surface area (Å²) in [5.74, 6) is -0.855. The number of fused-ring (bicyclic) bond motifs is 1. The predicted molar refractivity (Wildman–Crippen MR) is 96.0 cm³/mol. The van der Waals surface area contributed by atoms with E-state index >= 15 is 0 Å². The minimum Gasteiger partial charge on any atom is -0.395 e. The van der Waals surface area contributed by atoms with Crippen LogP contribution >= 0.6 is 0 Å². The fraction of sp³-hybridized carbons (Fsp3) is 0.556. The summed E-state index contributed by atoms with van der Waals surface area (Å²) in [5, 5.41) is 29.0. The van der Waals surface area contributed by atoms with Crippen LogP contribution in [0.15, 0.2) is 10.6 Å². The molecule has 2 aromatic heterocycles. The summed E-state index contributed by atoms with van der Waals surface area (Å²) in [6.07, 6.45) is 0.561. The highest BCUT2D eigenvalue weighted by Crippen LogP contribution is 2.27. The van der Waals surface area contributed by atoms with Gasteiger partial charge in [0.05, 0.1) is 35.4 Å². The molecule has 1 saturated carbocycles. The first-order chi connectivity index (χ1) is 12.9. The second-order valence-corrected chi connectivity index (χ2v) is 6.93. The van der Waals surface area contributed by atoms with Crippen LogP contribution in [0.25, 0.3) is 11.1 Å². The molecule has 0 spiro atoms. The van der Waals surface area contributed by atoms with Gasteiger partial charge in [0.1, 0.15) is 0 Å². The summed E-state index contributed by atoms with van der Waals surface area (Å²) >= 11 is 0. The Morgan fingerprint density at radius 2 is 2.11 bits per heavy atom. The largest absolute Gasteiger partial charge is 0.395 e. The number of nitrogens with zero attached hydrogens (tertiary/aromatic N) is 2. The van der Waals surface area contributed by atoms with E-state index in [4.69, 9.17) is 9.63 Å².